The standard InChI is InChI=1S/C10H19NO4/c1-7(2)8(11)9(12)15-6-10(13)3-4-14-5-10/h7-8,13H,3-6,11H2,1-2H3. The van der Waals surface area contributed by atoms with E-state index in [4.69, 9.17) is 15.2 Å². The number of aliphatic hydroxyl groups is 1. The van der Waals surface area contributed by atoms with Crippen molar-refractivity contribution in [1.82, 2.24) is 0 Å². The summed E-state index contributed by atoms with van der Waals surface area (Å²) in [5.74, 6) is -0.433. The predicted molar refractivity (Wildman–Crippen MR) is 54.2 cm³/mol. The Balaban J connectivity index is 2.33. The van der Waals surface area contributed by atoms with E-state index in [0.717, 1.165) is 0 Å². The van der Waals surface area contributed by atoms with Crippen LogP contribution in [-0.4, -0.2) is 42.5 Å². The number of rotatable bonds is 4. The first-order valence-electron chi connectivity index (χ1n) is 5.17. The zero-order valence-electron chi connectivity index (χ0n) is 9.23. The fourth-order valence-electron chi connectivity index (χ4n) is 1.28. The second kappa shape index (κ2) is 4.92. The van der Waals surface area contributed by atoms with Gasteiger partial charge in [0.2, 0.25) is 0 Å². The van der Waals surface area contributed by atoms with Gasteiger partial charge in [0.05, 0.1) is 6.61 Å². The number of esters is 1. The monoisotopic (exact) mass is 217 g/mol. The highest BCUT2D eigenvalue weighted by molar-refractivity contribution is 5.75. The Morgan fingerprint density at radius 3 is 2.80 bits per heavy atom. The first kappa shape index (κ1) is 12.4. The number of carbonyl (C=O) groups excluding carboxylic acids is 1. The van der Waals surface area contributed by atoms with Crippen LogP contribution >= 0.6 is 0 Å². The van der Waals surface area contributed by atoms with Crippen molar-refractivity contribution in [2.45, 2.75) is 31.9 Å². The molecular weight excluding hydrogens is 198 g/mol. The maximum absolute atomic E-state index is 11.4. The average molecular weight is 217 g/mol. The van der Waals surface area contributed by atoms with E-state index in [0.29, 0.717) is 13.0 Å². The third-order valence-electron chi connectivity index (χ3n) is 2.56. The molecule has 0 spiro atoms. The van der Waals surface area contributed by atoms with Crippen LogP contribution in [0.3, 0.4) is 0 Å². The van der Waals surface area contributed by atoms with Gasteiger partial charge in [0.1, 0.15) is 18.2 Å². The average Bonchev–Trinajstić information content (AvgIpc) is 2.61. The van der Waals surface area contributed by atoms with E-state index in [1.165, 1.54) is 0 Å². The Labute approximate surface area is 89.5 Å². The van der Waals surface area contributed by atoms with Crippen LogP contribution in [-0.2, 0) is 14.3 Å². The molecule has 0 saturated carbocycles. The summed E-state index contributed by atoms with van der Waals surface area (Å²) in [7, 11) is 0. The Bertz CT molecular complexity index is 223. The second-order valence-electron chi connectivity index (χ2n) is 4.40. The van der Waals surface area contributed by atoms with E-state index < -0.39 is 17.6 Å². The molecule has 1 saturated heterocycles. The van der Waals surface area contributed by atoms with Gasteiger partial charge in [-0.1, -0.05) is 13.8 Å². The number of nitrogens with two attached hydrogens (primary N) is 1. The van der Waals surface area contributed by atoms with Crippen LogP contribution in [0.5, 0.6) is 0 Å². The molecule has 0 bridgehead atoms. The van der Waals surface area contributed by atoms with Gasteiger partial charge in [-0.15, -0.1) is 0 Å². The lowest BCUT2D eigenvalue weighted by molar-refractivity contribution is -0.154. The Morgan fingerprint density at radius 2 is 2.33 bits per heavy atom. The normalized spacial score (nSPS) is 28.1. The molecule has 0 amide bonds. The highest BCUT2D eigenvalue weighted by atomic mass is 16.6. The number of hydrogen-bond donors (Lipinski definition) is 2. The van der Waals surface area contributed by atoms with Crippen molar-refractivity contribution < 1.29 is 19.4 Å². The van der Waals surface area contributed by atoms with E-state index >= 15 is 0 Å². The van der Waals surface area contributed by atoms with Gasteiger partial charge in [-0.25, -0.2) is 0 Å². The minimum absolute atomic E-state index is 0.0342. The lowest BCUT2D eigenvalue weighted by atomic mass is 10.0. The van der Waals surface area contributed by atoms with Crippen molar-refractivity contribution in [1.29, 1.82) is 0 Å². The van der Waals surface area contributed by atoms with Crippen LogP contribution in [0.4, 0.5) is 0 Å². The van der Waals surface area contributed by atoms with E-state index in [-0.39, 0.29) is 19.1 Å². The summed E-state index contributed by atoms with van der Waals surface area (Å²) in [6, 6.07) is -0.629. The predicted octanol–water partition coefficient (Wildman–Crippen LogP) is -0.336. The maximum atomic E-state index is 11.4. The van der Waals surface area contributed by atoms with Gasteiger partial charge in [-0.2, -0.15) is 0 Å². The summed E-state index contributed by atoms with van der Waals surface area (Å²) in [4.78, 5) is 11.4. The quantitative estimate of drug-likeness (QED) is 0.630. The van der Waals surface area contributed by atoms with Crippen molar-refractivity contribution in [2.24, 2.45) is 11.7 Å². The summed E-state index contributed by atoms with van der Waals surface area (Å²) in [6.07, 6.45) is 0.497. The highest BCUT2D eigenvalue weighted by Gasteiger charge is 2.34. The van der Waals surface area contributed by atoms with Gasteiger partial charge < -0.3 is 20.3 Å². The van der Waals surface area contributed by atoms with E-state index in [1.54, 1.807) is 0 Å². The smallest absolute Gasteiger partial charge is 0.323 e. The lowest BCUT2D eigenvalue weighted by Crippen LogP contribution is -2.42. The zero-order chi connectivity index (χ0) is 11.5. The molecule has 1 aliphatic rings. The molecule has 1 aliphatic heterocycles. The fourth-order valence-corrected chi connectivity index (χ4v) is 1.28. The third-order valence-corrected chi connectivity index (χ3v) is 2.56. The molecule has 0 aromatic carbocycles. The molecule has 88 valence electrons. The molecule has 15 heavy (non-hydrogen) atoms. The number of carbonyl (C=O) groups is 1. The van der Waals surface area contributed by atoms with Crippen molar-refractivity contribution >= 4 is 5.97 Å². The maximum Gasteiger partial charge on any atom is 0.323 e. The topological polar surface area (TPSA) is 81.8 Å². The minimum Gasteiger partial charge on any atom is -0.461 e. The molecule has 1 rings (SSSR count). The summed E-state index contributed by atoms with van der Waals surface area (Å²) >= 11 is 0. The van der Waals surface area contributed by atoms with Gasteiger partial charge in [0.15, 0.2) is 0 Å². The first-order chi connectivity index (χ1) is 6.94. The van der Waals surface area contributed by atoms with Crippen molar-refractivity contribution in [3.8, 4) is 0 Å². The molecule has 2 unspecified atom stereocenters. The lowest BCUT2D eigenvalue weighted by Gasteiger charge is -2.22. The molecule has 1 heterocycles. The minimum atomic E-state index is -1.02. The van der Waals surface area contributed by atoms with Crippen LogP contribution in [0.2, 0.25) is 0 Å². The van der Waals surface area contributed by atoms with E-state index in [2.05, 4.69) is 0 Å². The number of hydrogen-bond acceptors (Lipinski definition) is 5. The molecule has 1 fully saturated rings. The number of ether oxygens (including phenoxy) is 2. The van der Waals surface area contributed by atoms with Crippen LogP contribution < -0.4 is 5.73 Å². The van der Waals surface area contributed by atoms with Crippen molar-refractivity contribution in [2.75, 3.05) is 19.8 Å². The second-order valence-corrected chi connectivity index (χ2v) is 4.40. The molecule has 0 aromatic rings. The van der Waals surface area contributed by atoms with Gasteiger partial charge in [-0.05, 0) is 5.92 Å². The SMILES string of the molecule is CC(C)C(N)C(=O)OCC1(O)CCOC1. The van der Waals surface area contributed by atoms with Gasteiger partial charge in [-0.3, -0.25) is 4.79 Å². The zero-order valence-corrected chi connectivity index (χ0v) is 9.23. The Morgan fingerprint density at radius 1 is 1.67 bits per heavy atom. The van der Waals surface area contributed by atoms with E-state index in [9.17, 15) is 9.90 Å². The molecule has 2 atom stereocenters. The van der Waals surface area contributed by atoms with Crippen LogP contribution in [0.1, 0.15) is 20.3 Å². The van der Waals surface area contributed by atoms with Crippen LogP contribution in [0, 0.1) is 5.92 Å². The Kier molecular flexibility index (Phi) is 4.07. The summed E-state index contributed by atoms with van der Waals surface area (Å²) in [5.41, 5.74) is 4.58. The van der Waals surface area contributed by atoms with Gasteiger partial charge in [0.25, 0.3) is 0 Å². The van der Waals surface area contributed by atoms with Crippen LogP contribution in [0.15, 0.2) is 0 Å². The molecule has 0 aliphatic carbocycles. The van der Waals surface area contributed by atoms with Crippen molar-refractivity contribution in [3.63, 3.8) is 0 Å². The first-order valence-corrected chi connectivity index (χ1v) is 5.17. The largest absolute Gasteiger partial charge is 0.461 e. The molecule has 3 N–H and O–H groups in total. The fraction of sp³-hybridized carbons (Fsp3) is 0.900. The van der Waals surface area contributed by atoms with Crippen molar-refractivity contribution in [3.05, 3.63) is 0 Å². The van der Waals surface area contributed by atoms with E-state index in [1.807, 2.05) is 13.8 Å². The summed E-state index contributed by atoms with van der Waals surface area (Å²) < 4.78 is 9.99. The summed E-state index contributed by atoms with van der Waals surface area (Å²) in [5, 5.41) is 9.82. The molecule has 5 nitrogen and oxygen atoms in total. The van der Waals surface area contributed by atoms with Gasteiger partial charge >= 0.3 is 5.97 Å². The molecule has 0 aromatic heterocycles. The molecular formula is C10H19NO4. The molecule has 0 radical (unpaired) electrons. The third kappa shape index (κ3) is 3.44. The van der Waals surface area contributed by atoms with Gasteiger partial charge in [0, 0.05) is 13.0 Å². The molecule has 5 heteroatoms. The van der Waals surface area contributed by atoms with Crippen LogP contribution in [0.25, 0.3) is 0 Å². The highest BCUT2D eigenvalue weighted by Crippen LogP contribution is 2.18. The summed E-state index contributed by atoms with van der Waals surface area (Å²) in [6.45, 7) is 4.38. The Hall–Kier alpha value is -0.650.